The number of β-amino-alcohol motifs (C(OH)–C–C–N with tert-alkyl or cyclic N) is 1. The number of aliphatic hydroxyl groups is 1. The number of pyridine rings is 2. The second-order valence-corrected chi connectivity index (χ2v) is 15.5. The van der Waals surface area contributed by atoms with Gasteiger partial charge in [-0.15, -0.1) is 0 Å². The molecule has 0 saturated carbocycles. The fraction of sp³-hybridized carbons (Fsp3) is 0.381. The van der Waals surface area contributed by atoms with Gasteiger partial charge in [0.2, 0.25) is 11.8 Å². The fourth-order valence-corrected chi connectivity index (χ4v) is 8.96. The summed E-state index contributed by atoms with van der Waals surface area (Å²) < 4.78 is 20.5. The summed E-state index contributed by atoms with van der Waals surface area (Å²) in [4.78, 5) is 25.0. The van der Waals surface area contributed by atoms with Crippen LogP contribution in [0.3, 0.4) is 0 Å². The second kappa shape index (κ2) is 15.9. The van der Waals surface area contributed by atoms with Crippen molar-refractivity contribution >= 4 is 40.1 Å². The van der Waals surface area contributed by atoms with Crippen molar-refractivity contribution in [2.45, 2.75) is 51.0 Å². The highest BCUT2D eigenvalue weighted by atomic mass is 35.5. The van der Waals surface area contributed by atoms with E-state index in [2.05, 4.69) is 38.0 Å². The number of aromatic nitrogens is 2. The molecule has 2 aliphatic heterocycles. The van der Waals surface area contributed by atoms with E-state index in [1.807, 2.05) is 41.0 Å². The third-order valence-corrected chi connectivity index (χ3v) is 11.9. The molecule has 0 radical (unpaired) electrons. The Kier molecular flexibility index (Phi) is 10.8. The average molecular weight is 798 g/mol. The summed E-state index contributed by atoms with van der Waals surface area (Å²) in [5.41, 5.74) is 6.98. The van der Waals surface area contributed by atoms with E-state index >= 15 is 0 Å². The van der Waals surface area contributed by atoms with Gasteiger partial charge in [-0.2, -0.15) is 10.2 Å². The zero-order chi connectivity index (χ0) is 39.1. The van der Waals surface area contributed by atoms with Crippen LogP contribution in [0.5, 0.6) is 11.8 Å². The zero-order valence-electron chi connectivity index (χ0n) is 31.2. The minimum absolute atomic E-state index is 0.284. The average Bonchev–Trinajstić information content (AvgIpc) is 4.02. The van der Waals surface area contributed by atoms with Gasteiger partial charge in [0.25, 0.3) is 0 Å². The molecule has 3 atom stereocenters. The normalized spacial score (nSPS) is 20.1. The van der Waals surface area contributed by atoms with E-state index in [9.17, 15) is 20.3 Å². The number of hydrogen-bond acceptors (Lipinski definition) is 10. The lowest BCUT2D eigenvalue weighted by atomic mass is 9.95. The molecule has 2 N–H and O–H groups in total. The minimum atomic E-state index is -0.765. The van der Waals surface area contributed by atoms with Crippen LogP contribution < -0.4 is 15.0 Å². The van der Waals surface area contributed by atoms with E-state index < -0.39 is 5.97 Å². The van der Waals surface area contributed by atoms with Gasteiger partial charge in [0.15, 0.2) is 5.58 Å². The maximum absolute atomic E-state index is 11.5. The zero-order valence-corrected chi connectivity index (χ0v) is 32.7. The van der Waals surface area contributed by atoms with Crippen molar-refractivity contribution in [3.8, 4) is 40.3 Å². The molecule has 0 spiro atoms. The third kappa shape index (κ3) is 7.26. The van der Waals surface area contributed by atoms with Crippen LogP contribution in [-0.2, 0) is 24.3 Å². The van der Waals surface area contributed by atoms with Crippen LogP contribution >= 0.6 is 23.2 Å². The SMILES string of the molecule is C/N=c1/c2cc(-c3cccc(-c4cccc5c4CC[C@@H]5Oc4nc(OC)c(CN5CC[C@@H](O)C5)cc4Cl)c3Cl)oc2c(C#N)cn1CCN1CC[C@@H](C(=O)O)C1. The lowest BCUT2D eigenvalue weighted by Crippen LogP contribution is -2.31. The number of hydrogen-bond donors (Lipinski definition) is 2. The van der Waals surface area contributed by atoms with Crippen LogP contribution in [-0.4, -0.2) is 88.5 Å². The maximum atomic E-state index is 11.5. The number of fused-ring (bicyclic) bond motifs is 2. The number of halogens is 2. The Bertz CT molecular complexity index is 2440. The first-order chi connectivity index (χ1) is 27.1. The van der Waals surface area contributed by atoms with E-state index in [-0.39, 0.29) is 18.1 Å². The van der Waals surface area contributed by atoms with Crippen molar-refractivity contribution in [2.75, 3.05) is 46.9 Å². The van der Waals surface area contributed by atoms with Crippen molar-refractivity contribution < 1.29 is 28.9 Å². The van der Waals surface area contributed by atoms with Crippen LogP contribution in [0.1, 0.15) is 47.6 Å². The van der Waals surface area contributed by atoms with E-state index in [4.69, 9.17) is 37.1 Å². The highest BCUT2D eigenvalue weighted by molar-refractivity contribution is 6.36. The standard InChI is InChI=1S/C42H42Cl2N6O6/c1-46-39-33-18-36(55-38(33)26(19-45)22-50(39)16-15-48-13-11-24(20-48)42(52)53)32-8-4-7-31(37(32)44)28-5-3-6-30-29(28)9-10-35(30)56-41-34(43)17-25(40(47-41)54-2)21-49-14-12-27(51)23-49/h3-8,17-18,22,24,27,35,51H,9-16,20-21,23H2,1-2H3,(H,52,53)/b46-39-/t24-,27-,35+/m1/s1. The Morgan fingerprint density at radius 2 is 1.82 bits per heavy atom. The van der Waals surface area contributed by atoms with Gasteiger partial charge < -0.3 is 33.6 Å². The number of likely N-dealkylation sites (tertiary alicyclic amines) is 2. The molecule has 0 unspecified atom stereocenters. The molecule has 5 aromatic rings. The molecule has 3 aromatic heterocycles. The number of benzene rings is 2. The predicted molar refractivity (Wildman–Crippen MR) is 212 cm³/mol. The van der Waals surface area contributed by atoms with Gasteiger partial charge in [-0.1, -0.05) is 53.5 Å². The van der Waals surface area contributed by atoms with E-state index in [0.717, 1.165) is 53.6 Å². The summed E-state index contributed by atoms with van der Waals surface area (Å²) >= 11 is 14.0. The smallest absolute Gasteiger partial charge is 0.307 e. The van der Waals surface area contributed by atoms with Gasteiger partial charge >= 0.3 is 5.97 Å². The predicted octanol–water partition coefficient (Wildman–Crippen LogP) is 6.72. The first kappa shape index (κ1) is 38.0. The van der Waals surface area contributed by atoms with Crippen molar-refractivity contribution in [3.05, 3.63) is 92.5 Å². The molecule has 3 aliphatic rings. The summed E-state index contributed by atoms with van der Waals surface area (Å²) in [6, 6.07) is 18.0. The monoisotopic (exact) mass is 796 g/mol. The number of rotatable bonds is 11. The van der Waals surface area contributed by atoms with Crippen molar-refractivity contribution in [1.29, 1.82) is 5.26 Å². The highest BCUT2D eigenvalue weighted by Crippen LogP contribution is 2.45. The lowest BCUT2D eigenvalue weighted by molar-refractivity contribution is -0.141. The Morgan fingerprint density at radius 3 is 2.55 bits per heavy atom. The summed E-state index contributed by atoms with van der Waals surface area (Å²) in [6.45, 7) is 4.36. The van der Waals surface area contributed by atoms with Crippen molar-refractivity contribution in [2.24, 2.45) is 10.9 Å². The quantitative estimate of drug-likeness (QED) is 0.148. The topological polar surface area (TPSA) is 150 Å². The van der Waals surface area contributed by atoms with Crippen LogP contribution in [0.25, 0.3) is 33.4 Å². The molecule has 0 amide bonds. The Balaban J connectivity index is 1.07. The van der Waals surface area contributed by atoms with E-state index in [1.54, 1.807) is 20.4 Å². The van der Waals surface area contributed by atoms with Gasteiger partial charge in [0, 0.05) is 69.2 Å². The number of nitrogens with zero attached hydrogens (tertiary/aromatic N) is 6. The Hall–Kier alpha value is -4.90. The lowest BCUT2D eigenvalue weighted by Gasteiger charge is -2.20. The molecular weight excluding hydrogens is 755 g/mol. The number of ether oxygens (including phenoxy) is 2. The van der Waals surface area contributed by atoms with Crippen LogP contribution in [0.4, 0.5) is 0 Å². The molecule has 8 rings (SSSR count). The Morgan fingerprint density at radius 1 is 1.04 bits per heavy atom. The molecule has 5 heterocycles. The molecule has 2 fully saturated rings. The first-order valence-corrected chi connectivity index (χ1v) is 19.6. The number of furan rings is 1. The van der Waals surface area contributed by atoms with Gasteiger partial charge in [-0.3, -0.25) is 14.7 Å². The number of carbonyl (C=O) groups is 1. The third-order valence-electron chi connectivity index (χ3n) is 11.2. The molecular formula is C42H42Cl2N6O6. The van der Waals surface area contributed by atoms with Crippen LogP contribution in [0, 0.1) is 17.2 Å². The van der Waals surface area contributed by atoms with E-state index in [0.29, 0.717) is 101 Å². The second-order valence-electron chi connectivity index (χ2n) is 14.7. The van der Waals surface area contributed by atoms with Crippen molar-refractivity contribution in [3.63, 3.8) is 0 Å². The molecule has 0 bridgehead atoms. The number of carboxylic acid groups (broad SMARTS) is 1. The van der Waals surface area contributed by atoms with E-state index in [1.165, 1.54) is 0 Å². The molecule has 12 nitrogen and oxygen atoms in total. The van der Waals surface area contributed by atoms with Gasteiger partial charge in [0.1, 0.15) is 34.0 Å². The number of carboxylic acids is 1. The molecule has 14 heteroatoms. The van der Waals surface area contributed by atoms with Crippen LogP contribution in [0.2, 0.25) is 10.0 Å². The number of aliphatic carboxylic acids is 1. The molecule has 2 saturated heterocycles. The number of methoxy groups -OCH3 is 1. The summed E-state index contributed by atoms with van der Waals surface area (Å²) in [6.07, 6.45) is 3.98. The molecule has 290 valence electrons. The Labute approximate surface area is 334 Å². The van der Waals surface area contributed by atoms with Gasteiger partial charge in [-0.25, -0.2) is 0 Å². The summed E-state index contributed by atoms with van der Waals surface area (Å²) in [7, 11) is 3.29. The molecule has 2 aromatic carbocycles. The maximum Gasteiger partial charge on any atom is 0.307 e. The molecule has 56 heavy (non-hydrogen) atoms. The van der Waals surface area contributed by atoms with Crippen LogP contribution in [0.15, 0.2) is 64.1 Å². The number of aliphatic hydroxyl groups excluding tert-OH is 1. The first-order valence-electron chi connectivity index (χ1n) is 18.8. The van der Waals surface area contributed by atoms with Gasteiger partial charge in [-0.05, 0) is 67.1 Å². The summed E-state index contributed by atoms with van der Waals surface area (Å²) in [5, 5.41) is 31.2. The van der Waals surface area contributed by atoms with Crippen molar-refractivity contribution in [1.82, 2.24) is 19.4 Å². The number of nitriles is 1. The summed E-state index contributed by atoms with van der Waals surface area (Å²) in [5.74, 6) is 0.145. The minimum Gasteiger partial charge on any atom is -0.481 e. The molecule has 1 aliphatic carbocycles. The highest BCUT2D eigenvalue weighted by Gasteiger charge is 2.31. The fourth-order valence-electron chi connectivity index (χ4n) is 8.43. The largest absolute Gasteiger partial charge is 0.481 e. The van der Waals surface area contributed by atoms with Gasteiger partial charge in [0.05, 0.1) is 29.5 Å².